The normalized spacial score (nSPS) is 13.3. The minimum Gasteiger partial charge on any atom is -0.465 e. The van der Waals surface area contributed by atoms with E-state index >= 15 is 0 Å². The molecule has 4 heteroatoms. The van der Waals surface area contributed by atoms with Gasteiger partial charge in [0.15, 0.2) is 5.41 Å². The van der Waals surface area contributed by atoms with Crippen LogP contribution in [0, 0.1) is 0 Å². The Hall–Kier alpha value is -1.84. The van der Waals surface area contributed by atoms with Crippen LogP contribution in [0.3, 0.4) is 0 Å². The van der Waals surface area contributed by atoms with Crippen molar-refractivity contribution < 1.29 is 19.1 Å². The van der Waals surface area contributed by atoms with E-state index in [1.54, 1.807) is 38.1 Å². The SMILES string of the molecule is CCCCOC(=O)C(C)(C(=O)OCC)c1ccccc1. The van der Waals surface area contributed by atoms with Crippen LogP contribution < -0.4 is 0 Å². The molecule has 1 aromatic rings. The highest BCUT2D eigenvalue weighted by molar-refractivity contribution is 6.05. The third-order valence-corrected chi connectivity index (χ3v) is 3.17. The van der Waals surface area contributed by atoms with Crippen molar-refractivity contribution in [2.24, 2.45) is 0 Å². The lowest BCUT2D eigenvalue weighted by atomic mass is 9.82. The predicted molar refractivity (Wildman–Crippen MR) is 76.3 cm³/mol. The Morgan fingerprint density at radius 3 is 2.20 bits per heavy atom. The fourth-order valence-corrected chi connectivity index (χ4v) is 1.82. The van der Waals surface area contributed by atoms with Crippen molar-refractivity contribution in [1.29, 1.82) is 0 Å². The summed E-state index contributed by atoms with van der Waals surface area (Å²) in [5, 5.41) is 0. The molecule has 0 aromatic heterocycles. The number of hydrogen-bond acceptors (Lipinski definition) is 4. The Morgan fingerprint density at radius 1 is 1.05 bits per heavy atom. The summed E-state index contributed by atoms with van der Waals surface area (Å²) in [5.74, 6) is -1.14. The number of ether oxygens (including phenoxy) is 2. The fraction of sp³-hybridized carbons (Fsp3) is 0.500. The second-order valence-corrected chi connectivity index (χ2v) is 4.70. The maximum atomic E-state index is 12.3. The Kier molecular flexibility index (Phi) is 6.22. The summed E-state index contributed by atoms with van der Waals surface area (Å²) < 4.78 is 10.3. The van der Waals surface area contributed by atoms with E-state index in [0.29, 0.717) is 12.2 Å². The lowest BCUT2D eigenvalue weighted by molar-refractivity contribution is -0.164. The Morgan fingerprint density at radius 2 is 1.65 bits per heavy atom. The van der Waals surface area contributed by atoms with E-state index in [-0.39, 0.29) is 6.61 Å². The molecule has 0 spiro atoms. The molecule has 20 heavy (non-hydrogen) atoms. The molecule has 1 aromatic carbocycles. The van der Waals surface area contributed by atoms with E-state index in [1.165, 1.54) is 0 Å². The van der Waals surface area contributed by atoms with Crippen molar-refractivity contribution in [1.82, 2.24) is 0 Å². The lowest BCUT2D eigenvalue weighted by Crippen LogP contribution is -2.43. The van der Waals surface area contributed by atoms with E-state index in [2.05, 4.69) is 0 Å². The minimum absolute atomic E-state index is 0.226. The van der Waals surface area contributed by atoms with Crippen molar-refractivity contribution in [3.8, 4) is 0 Å². The van der Waals surface area contributed by atoms with E-state index in [1.807, 2.05) is 13.0 Å². The van der Waals surface area contributed by atoms with Gasteiger partial charge in [0.2, 0.25) is 0 Å². The lowest BCUT2D eigenvalue weighted by Gasteiger charge is -2.25. The molecule has 0 aliphatic heterocycles. The molecule has 0 bridgehead atoms. The topological polar surface area (TPSA) is 52.6 Å². The number of benzene rings is 1. The van der Waals surface area contributed by atoms with Crippen molar-refractivity contribution in [2.75, 3.05) is 13.2 Å². The average Bonchev–Trinajstić information content (AvgIpc) is 2.47. The summed E-state index contributed by atoms with van der Waals surface area (Å²) in [4.78, 5) is 24.6. The molecule has 0 aliphatic rings. The van der Waals surface area contributed by atoms with Gasteiger partial charge in [-0.15, -0.1) is 0 Å². The van der Waals surface area contributed by atoms with E-state index in [9.17, 15) is 9.59 Å². The highest BCUT2D eigenvalue weighted by Crippen LogP contribution is 2.27. The number of carbonyl (C=O) groups excluding carboxylic acids is 2. The molecule has 1 rings (SSSR count). The first-order valence-corrected chi connectivity index (χ1v) is 6.97. The van der Waals surface area contributed by atoms with E-state index in [4.69, 9.17) is 9.47 Å². The summed E-state index contributed by atoms with van der Waals surface area (Å²) in [6, 6.07) is 8.87. The van der Waals surface area contributed by atoms with Crippen LogP contribution in [0.25, 0.3) is 0 Å². The zero-order valence-corrected chi connectivity index (χ0v) is 12.3. The Balaban J connectivity index is 3.01. The molecule has 4 nitrogen and oxygen atoms in total. The van der Waals surface area contributed by atoms with Gasteiger partial charge in [0.25, 0.3) is 0 Å². The molecule has 0 N–H and O–H groups in total. The molecule has 0 amide bonds. The molecule has 0 saturated heterocycles. The zero-order valence-electron chi connectivity index (χ0n) is 12.3. The smallest absolute Gasteiger partial charge is 0.327 e. The highest BCUT2D eigenvalue weighted by atomic mass is 16.6. The summed E-state index contributed by atoms with van der Waals surface area (Å²) >= 11 is 0. The summed E-state index contributed by atoms with van der Waals surface area (Å²) in [7, 11) is 0. The Bertz CT molecular complexity index is 441. The van der Waals surface area contributed by atoms with Gasteiger partial charge in [-0.2, -0.15) is 0 Å². The van der Waals surface area contributed by atoms with Crippen LogP contribution >= 0.6 is 0 Å². The van der Waals surface area contributed by atoms with E-state index in [0.717, 1.165) is 12.8 Å². The standard InChI is InChI=1S/C16H22O4/c1-4-6-12-20-15(18)16(3,14(17)19-5-2)13-10-8-7-9-11-13/h7-11H,4-6,12H2,1-3H3. The van der Waals surface area contributed by atoms with Crippen LogP contribution in [0.2, 0.25) is 0 Å². The molecule has 110 valence electrons. The minimum atomic E-state index is -1.41. The van der Waals surface area contributed by atoms with Crippen LogP contribution in [-0.2, 0) is 24.5 Å². The second-order valence-electron chi connectivity index (χ2n) is 4.70. The molecular formula is C16H22O4. The first-order valence-electron chi connectivity index (χ1n) is 6.97. The summed E-state index contributed by atoms with van der Waals surface area (Å²) in [5.41, 5.74) is -0.828. The van der Waals surface area contributed by atoms with E-state index < -0.39 is 17.4 Å². The van der Waals surface area contributed by atoms with Crippen LogP contribution in [0.15, 0.2) is 30.3 Å². The van der Waals surface area contributed by atoms with Gasteiger partial charge in [-0.3, -0.25) is 9.59 Å². The number of hydrogen-bond donors (Lipinski definition) is 0. The zero-order chi connectivity index (χ0) is 15.0. The van der Waals surface area contributed by atoms with Crippen LogP contribution in [0.4, 0.5) is 0 Å². The largest absolute Gasteiger partial charge is 0.465 e. The molecule has 1 unspecified atom stereocenters. The molecule has 0 fully saturated rings. The molecule has 0 heterocycles. The Labute approximate surface area is 120 Å². The van der Waals surface area contributed by atoms with Crippen molar-refractivity contribution >= 4 is 11.9 Å². The molecule has 0 radical (unpaired) electrons. The van der Waals surface area contributed by atoms with Gasteiger partial charge in [0.05, 0.1) is 13.2 Å². The van der Waals surface area contributed by atoms with Crippen LogP contribution in [0.1, 0.15) is 39.2 Å². The van der Waals surface area contributed by atoms with Gasteiger partial charge in [-0.05, 0) is 25.8 Å². The quantitative estimate of drug-likeness (QED) is 0.437. The maximum Gasteiger partial charge on any atom is 0.327 e. The predicted octanol–water partition coefficient (Wildman–Crippen LogP) is 2.85. The highest BCUT2D eigenvalue weighted by Gasteiger charge is 2.46. The molecular weight excluding hydrogens is 256 g/mol. The van der Waals surface area contributed by atoms with Gasteiger partial charge in [-0.25, -0.2) is 0 Å². The molecule has 1 atom stereocenters. The van der Waals surface area contributed by atoms with Gasteiger partial charge in [-0.1, -0.05) is 43.7 Å². The van der Waals surface area contributed by atoms with Crippen LogP contribution in [-0.4, -0.2) is 25.2 Å². The second kappa shape index (κ2) is 7.68. The average molecular weight is 278 g/mol. The van der Waals surface area contributed by atoms with Gasteiger partial charge in [0.1, 0.15) is 0 Å². The fourth-order valence-electron chi connectivity index (χ4n) is 1.82. The first-order chi connectivity index (χ1) is 9.57. The van der Waals surface area contributed by atoms with Crippen molar-refractivity contribution in [2.45, 2.75) is 39.0 Å². The monoisotopic (exact) mass is 278 g/mol. The number of carbonyl (C=O) groups is 2. The number of unbranched alkanes of at least 4 members (excludes halogenated alkanes) is 1. The van der Waals surface area contributed by atoms with Gasteiger partial charge < -0.3 is 9.47 Å². The molecule has 0 aliphatic carbocycles. The van der Waals surface area contributed by atoms with Crippen molar-refractivity contribution in [3.05, 3.63) is 35.9 Å². The summed E-state index contributed by atoms with van der Waals surface area (Å²) in [6.07, 6.45) is 1.70. The van der Waals surface area contributed by atoms with Gasteiger partial charge in [0, 0.05) is 0 Å². The number of esters is 2. The molecule has 0 saturated carbocycles. The third-order valence-electron chi connectivity index (χ3n) is 3.17. The first kappa shape index (κ1) is 16.2. The number of rotatable bonds is 7. The maximum absolute atomic E-state index is 12.3. The van der Waals surface area contributed by atoms with Gasteiger partial charge >= 0.3 is 11.9 Å². The summed E-state index contributed by atoms with van der Waals surface area (Å²) in [6.45, 7) is 5.82. The third kappa shape index (κ3) is 3.59. The van der Waals surface area contributed by atoms with Crippen molar-refractivity contribution in [3.63, 3.8) is 0 Å². The van der Waals surface area contributed by atoms with Crippen LogP contribution in [0.5, 0.6) is 0 Å².